The van der Waals surface area contributed by atoms with Gasteiger partial charge in [-0.05, 0) is 36.5 Å². The Bertz CT molecular complexity index is 564. The molecule has 0 spiro atoms. The van der Waals surface area contributed by atoms with Crippen molar-refractivity contribution in [3.63, 3.8) is 0 Å². The Labute approximate surface area is 126 Å². The third-order valence-electron chi connectivity index (χ3n) is 3.38. The van der Waals surface area contributed by atoms with Crippen molar-refractivity contribution >= 4 is 16.0 Å². The molecule has 0 aliphatic heterocycles. The first kappa shape index (κ1) is 17.7. The van der Waals surface area contributed by atoms with Gasteiger partial charge in [-0.3, -0.25) is 4.79 Å². The number of carboxylic acids is 1. The fourth-order valence-electron chi connectivity index (χ4n) is 1.85. The van der Waals surface area contributed by atoms with Crippen molar-refractivity contribution in [2.24, 2.45) is 5.92 Å². The summed E-state index contributed by atoms with van der Waals surface area (Å²) in [6.45, 7) is 5.95. The summed E-state index contributed by atoms with van der Waals surface area (Å²) in [5, 5.41) is 8.75. The number of carboxylic acid groups (broad SMARTS) is 1. The van der Waals surface area contributed by atoms with Crippen LogP contribution in [0.1, 0.15) is 45.1 Å². The average molecular weight is 313 g/mol. The summed E-state index contributed by atoms with van der Waals surface area (Å²) in [7, 11) is -3.52. The van der Waals surface area contributed by atoms with E-state index in [1.807, 2.05) is 26.0 Å². The third kappa shape index (κ3) is 5.47. The van der Waals surface area contributed by atoms with Gasteiger partial charge in [-0.15, -0.1) is 0 Å². The molecule has 0 saturated heterocycles. The Morgan fingerprint density at radius 2 is 1.76 bits per heavy atom. The van der Waals surface area contributed by atoms with E-state index in [0.29, 0.717) is 18.8 Å². The monoisotopic (exact) mass is 313 g/mol. The fourth-order valence-corrected chi connectivity index (χ4v) is 2.93. The summed E-state index contributed by atoms with van der Waals surface area (Å²) in [6, 6.07) is 6.81. The molecule has 6 heteroatoms. The maximum atomic E-state index is 12.1. The van der Waals surface area contributed by atoms with E-state index in [9.17, 15) is 13.2 Å². The van der Waals surface area contributed by atoms with Crippen LogP contribution in [0.15, 0.2) is 29.2 Å². The first-order valence-corrected chi connectivity index (χ1v) is 8.55. The molecule has 0 heterocycles. The van der Waals surface area contributed by atoms with Gasteiger partial charge in [-0.2, -0.15) is 0 Å². The van der Waals surface area contributed by atoms with Gasteiger partial charge in [-0.1, -0.05) is 32.9 Å². The van der Waals surface area contributed by atoms with Gasteiger partial charge in [0.1, 0.15) is 0 Å². The van der Waals surface area contributed by atoms with Crippen LogP contribution in [0, 0.1) is 5.92 Å². The highest BCUT2D eigenvalue weighted by Gasteiger charge is 2.15. The number of hydrogen-bond donors (Lipinski definition) is 2. The topological polar surface area (TPSA) is 83.5 Å². The highest BCUT2D eigenvalue weighted by molar-refractivity contribution is 7.89. The molecule has 2 N–H and O–H groups in total. The second-order valence-corrected chi connectivity index (χ2v) is 7.27. The van der Waals surface area contributed by atoms with Crippen LogP contribution in [-0.4, -0.2) is 26.0 Å². The average Bonchev–Trinajstić information content (AvgIpc) is 2.43. The first-order chi connectivity index (χ1) is 9.74. The summed E-state index contributed by atoms with van der Waals surface area (Å²) in [5.41, 5.74) is 1.09. The van der Waals surface area contributed by atoms with Crippen LogP contribution < -0.4 is 4.72 Å². The molecule has 118 valence electrons. The van der Waals surface area contributed by atoms with Gasteiger partial charge in [0.25, 0.3) is 0 Å². The van der Waals surface area contributed by atoms with Crippen molar-refractivity contribution in [2.75, 3.05) is 6.54 Å². The molecule has 0 bridgehead atoms. The number of hydrogen-bond acceptors (Lipinski definition) is 3. The summed E-state index contributed by atoms with van der Waals surface area (Å²) in [6.07, 6.45) is 0.945. The van der Waals surface area contributed by atoms with E-state index in [-0.39, 0.29) is 11.4 Å². The van der Waals surface area contributed by atoms with E-state index in [0.717, 1.165) is 5.56 Å². The second kappa shape index (κ2) is 7.56. The lowest BCUT2D eigenvalue weighted by atomic mass is 10.0. The summed E-state index contributed by atoms with van der Waals surface area (Å²) >= 11 is 0. The van der Waals surface area contributed by atoms with Crippen LogP contribution in [0.2, 0.25) is 0 Å². The number of aliphatic carboxylic acids is 1. The van der Waals surface area contributed by atoms with Crippen molar-refractivity contribution < 1.29 is 18.3 Å². The molecule has 1 unspecified atom stereocenters. The predicted octanol–water partition coefficient (Wildman–Crippen LogP) is 2.59. The molecular weight excluding hydrogens is 290 g/mol. The zero-order valence-electron chi connectivity index (χ0n) is 12.7. The molecule has 0 aliphatic carbocycles. The summed E-state index contributed by atoms with van der Waals surface area (Å²) in [5.74, 6) is -0.964. The van der Waals surface area contributed by atoms with E-state index in [2.05, 4.69) is 4.72 Å². The van der Waals surface area contributed by atoms with Gasteiger partial charge in [0.05, 0.1) is 10.8 Å². The Kier molecular flexibility index (Phi) is 6.36. The highest BCUT2D eigenvalue weighted by Crippen LogP contribution is 2.17. The zero-order valence-corrected chi connectivity index (χ0v) is 13.5. The highest BCUT2D eigenvalue weighted by atomic mass is 32.2. The van der Waals surface area contributed by atoms with Gasteiger partial charge < -0.3 is 5.11 Å². The molecule has 0 radical (unpaired) electrons. The number of rotatable bonds is 8. The molecular formula is C15H23NO4S. The smallest absolute Gasteiger partial charge is 0.306 e. The van der Waals surface area contributed by atoms with Crippen LogP contribution in [-0.2, 0) is 14.8 Å². The second-order valence-electron chi connectivity index (χ2n) is 5.50. The molecule has 1 aromatic carbocycles. The van der Waals surface area contributed by atoms with E-state index in [1.54, 1.807) is 19.1 Å². The van der Waals surface area contributed by atoms with Crippen LogP contribution in [0.4, 0.5) is 0 Å². The molecule has 0 saturated carbocycles. The predicted molar refractivity (Wildman–Crippen MR) is 81.8 cm³/mol. The zero-order chi connectivity index (χ0) is 16.0. The van der Waals surface area contributed by atoms with E-state index in [1.165, 1.54) is 0 Å². The molecule has 1 rings (SSSR count). The minimum atomic E-state index is -3.52. The molecule has 21 heavy (non-hydrogen) atoms. The molecule has 0 aliphatic rings. The van der Waals surface area contributed by atoms with Gasteiger partial charge in [0.2, 0.25) is 10.0 Å². The van der Waals surface area contributed by atoms with Crippen LogP contribution in [0.25, 0.3) is 0 Å². The molecule has 0 aromatic heterocycles. The van der Waals surface area contributed by atoms with Crippen LogP contribution in [0.3, 0.4) is 0 Å². The lowest BCUT2D eigenvalue weighted by Crippen LogP contribution is -2.25. The van der Waals surface area contributed by atoms with Crippen molar-refractivity contribution in [3.05, 3.63) is 29.8 Å². The van der Waals surface area contributed by atoms with Gasteiger partial charge in [0, 0.05) is 6.54 Å². The van der Waals surface area contributed by atoms with Crippen LogP contribution >= 0.6 is 0 Å². The van der Waals surface area contributed by atoms with Gasteiger partial charge >= 0.3 is 5.97 Å². The van der Waals surface area contributed by atoms with E-state index < -0.39 is 21.9 Å². The quantitative estimate of drug-likeness (QED) is 0.723. The molecule has 0 amide bonds. The van der Waals surface area contributed by atoms with E-state index in [4.69, 9.17) is 5.11 Å². The van der Waals surface area contributed by atoms with Crippen molar-refractivity contribution in [1.82, 2.24) is 4.72 Å². The Morgan fingerprint density at radius 3 is 2.24 bits per heavy atom. The molecule has 1 atom stereocenters. The van der Waals surface area contributed by atoms with Crippen molar-refractivity contribution in [3.8, 4) is 0 Å². The molecule has 5 nitrogen and oxygen atoms in total. The number of nitrogens with one attached hydrogen (secondary N) is 1. The normalized spacial score (nSPS) is 13.3. The number of benzene rings is 1. The standard InChI is InChI=1S/C15H23NO4S/c1-11(2)13-6-8-14(9-7-13)21(19,20)16-10-4-5-12(3)15(17)18/h6-9,11-12,16H,4-5,10H2,1-3H3,(H,17,18). The maximum absolute atomic E-state index is 12.1. The van der Waals surface area contributed by atoms with E-state index >= 15 is 0 Å². The minimum absolute atomic E-state index is 0.234. The minimum Gasteiger partial charge on any atom is -0.481 e. The molecule has 0 fully saturated rings. The first-order valence-electron chi connectivity index (χ1n) is 7.06. The summed E-state index contributed by atoms with van der Waals surface area (Å²) < 4.78 is 26.6. The number of carbonyl (C=O) groups is 1. The SMILES string of the molecule is CC(CCCNS(=O)(=O)c1ccc(C(C)C)cc1)C(=O)O. The van der Waals surface area contributed by atoms with Gasteiger partial charge in [-0.25, -0.2) is 13.1 Å². The van der Waals surface area contributed by atoms with Crippen molar-refractivity contribution in [1.29, 1.82) is 0 Å². The lowest BCUT2D eigenvalue weighted by molar-refractivity contribution is -0.141. The Hall–Kier alpha value is -1.40. The number of sulfonamides is 1. The largest absolute Gasteiger partial charge is 0.481 e. The Balaban J connectivity index is 2.55. The third-order valence-corrected chi connectivity index (χ3v) is 4.86. The fraction of sp³-hybridized carbons (Fsp3) is 0.533. The Morgan fingerprint density at radius 1 is 1.19 bits per heavy atom. The molecule has 1 aromatic rings. The van der Waals surface area contributed by atoms with Gasteiger partial charge in [0.15, 0.2) is 0 Å². The van der Waals surface area contributed by atoms with Crippen LogP contribution in [0.5, 0.6) is 0 Å². The maximum Gasteiger partial charge on any atom is 0.306 e. The van der Waals surface area contributed by atoms with Crippen molar-refractivity contribution in [2.45, 2.75) is 44.4 Å². The summed E-state index contributed by atoms with van der Waals surface area (Å²) in [4.78, 5) is 10.9. The lowest BCUT2D eigenvalue weighted by Gasteiger charge is -2.10.